The molecule has 29 heavy (non-hydrogen) atoms. The summed E-state index contributed by atoms with van der Waals surface area (Å²) in [6.45, 7) is 2.84. The fourth-order valence-corrected chi connectivity index (χ4v) is 3.73. The highest BCUT2D eigenvalue weighted by atomic mass is 79.9. The van der Waals surface area contributed by atoms with Crippen LogP contribution in [0.4, 0.5) is 0 Å². The quantitative estimate of drug-likeness (QED) is 0.596. The van der Waals surface area contributed by atoms with Crippen molar-refractivity contribution < 1.29 is 4.79 Å². The maximum atomic E-state index is 12.6. The molecule has 3 heterocycles. The number of imidazole rings is 1. The summed E-state index contributed by atoms with van der Waals surface area (Å²) in [6, 6.07) is 14.1. The summed E-state index contributed by atoms with van der Waals surface area (Å²) in [6.07, 6.45) is 3.71. The molecule has 150 valence electrons. The zero-order chi connectivity index (χ0) is 20.4. The van der Waals surface area contributed by atoms with Crippen molar-refractivity contribution in [2.24, 2.45) is 0 Å². The molecule has 0 spiro atoms. The lowest BCUT2D eigenvalue weighted by Crippen LogP contribution is -2.30. The summed E-state index contributed by atoms with van der Waals surface area (Å²) < 4.78 is 3.10. The van der Waals surface area contributed by atoms with E-state index in [-0.39, 0.29) is 5.91 Å². The lowest BCUT2D eigenvalue weighted by atomic mass is 10.1. The second kappa shape index (κ2) is 8.39. The fraction of sp³-hybridized carbons (Fsp3) is 0.273. The Kier molecular flexibility index (Phi) is 5.69. The Morgan fingerprint density at radius 2 is 1.97 bits per heavy atom. The van der Waals surface area contributed by atoms with Gasteiger partial charge >= 0.3 is 0 Å². The molecule has 1 amide bonds. The minimum Gasteiger partial charge on any atom is -0.385 e. The Balaban J connectivity index is 1.59. The van der Waals surface area contributed by atoms with Crippen molar-refractivity contribution in [3.05, 3.63) is 70.6 Å². The molecule has 0 saturated heterocycles. The molecule has 0 atom stereocenters. The van der Waals surface area contributed by atoms with E-state index in [9.17, 15) is 4.79 Å². The number of likely N-dealkylation sites (N-methyl/N-ethyl adjacent to an activating group) is 1. The molecule has 0 unspecified atom stereocenters. The summed E-state index contributed by atoms with van der Waals surface area (Å²) in [5, 5.41) is 3.37. The van der Waals surface area contributed by atoms with E-state index in [2.05, 4.69) is 30.5 Å². The Bertz CT molecular complexity index is 1050. The van der Waals surface area contributed by atoms with Crippen molar-refractivity contribution in [1.29, 1.82) is 0 Å². The predicted molar refractivity (Wildman–Crippen MR) is 118 cm³/mol. The first-order valence-corrected chi connectivity index (χ1v) is 10.4. The summed E-state index contributed by atoms with van der Waals surface area (Å²) in [5.41, 5.74) is 4.81. The standard InChI is InChI=1S/C22H24BrN5O/c1-26(2)12-10-24-18-13-21(29)27(14-18)15-19-22(16-6-8-17(23)9-7-16)25-20-5-3-4-11-28(19)20/h3-9,11,13,24H,10,12,14-15H2,1-2H3. The molecular weight excluding hydrogens is 430 g/mol. The monoisotopic (exact) mass is 453 g/mol. The van der Waals surface area contributed by atoms with E-state index in [0.29, 0.717) is 13.1 Å². The first kappa shape index (κ1) is 19.7. The van der Waals surface area contributed by atoms with Gasteiger partial charge in [0.2, 0.25) is 5.91 Å². The number of nitrogens with one attached hydrogen (secondary N) is 1. The molecule has 0 radical (unpaired) electrons. The van der Waals surface area contributed by atoms with E-state index in [0.717, 1.165) is 45.9 Å². The Morgan fingerprint density at radius 1 is 1.17 bits per heavy atom. The first-order valence-electron chi connectivity index (χ1n) is 9.61. The SMILES string of the molecule is CN(C)CCNC1=CC(=O)N(Cc2c(-c3ccc(Br)cc3)nc3ccccn23)C1. The summed E-state index contributed by atoms with van der Waals surface area (Å²) in [4.78, 5) is 21.4. The Hall–Kier alpha value is -2.64. The van der Waals surface area contributed by atoms with Crippen LogP contribution in [0.5, 0.6) is 0 Å². The van der Waals surface area contributed by atoms with Crippen molar-refractivity contribution in [3.8, 4) is 11.3 Å². The first-order chi connectivity index (χ1) is 14.0. The zero-order valence-electron chi connectivity index (χ0n) is 16.6. The summed E-state index contributed by atoms with van der Waals surface area (Å²) >= 11 is 3.49. The van der Waals surface area contributed by atoms with Gasteiger partial charge in [0, 0.05) is 41.1 Å². The minimum absolute atomic E-state index is 0.0324. The lowest BCUT2D eigenvalue weighted by molar-refractivity contribution is -0.125. The molecule has 7 heteroatoms. The van der Waals surface area contributed by atoms with Crippen LogP contribution < -0.4 is 5.32 Å². The minimum atomic E-state index is 0.0324. The number of fused-ring (bicyclic) bond motifs is 1. The lowest BCUT2D eigenvalue weighted by Gasteiger charge is -2.18. The van der Waals surface area contributed by atoms with E-state index in [1.54, 1.807) is 6.08 Å². The number of amides is 1. The molecule has 0 fully saturated rings. The zero-order valence-corrected chi connectivity index (χ0v) is 18.2. The molecule has 3 aromatic rings. The van der Waals surface area contributed by atoms with E-state index in [1.165, 1.54) is 0 Å². The molecule has 1 aliphatic rings. The Labute approximate surface area is 179 Å². The molecular formula is C22H24BrN5O. The van der Waals surface area contributed by atoms with Gasteiger partial charge < -0.3 is 19.5 Å². The van der Waals surface area contributed by atoms with Gasteiger partial charge in [0.05, 0.1) is 24.5 Å². The summed E-state index contributed by atoms with van der Waals surface area (Å²) in [5.74, 6) is 0.0324. The molecule has 2 aromatic heterocycles. The maximum Gasteiger partial charge on any atom is 0.249 e. The third-order valence-electron chi connectivity index (χ3n) is 4.97. The van der Waals surface area contributed by atoms with Gasteiger partial charge in [-0.2, -0.15) is 0 Å². The van der Waals surface area contributed by atoms with Crippen LogP contribution in [0.2, 0.25) is 0 Å². The number of hydrogen-bond donors (Lipinski definition) is 1. The molecule has 1 aliphatic heterocycles. The highest BCUT2D eigenvalue weighted by molar-refractivity contribution is 9.10. The topological polar surface area (TPSA) is 52.9 Å². The van der Waals surface area contributed by atoms with Crippen LogP contribution in [-0.4, -0.2) is 58.8 Å². The average molecular weight is 454 g/mol. The third kappa shape index (κ3) is 4.36. The number of carbonyl (C=O) groups is 1. The normalized spacial score (nSPS) is 14.1. The van der Waals surface area contributed by atoms with Crippen LogP contribution in [0.15, 0.2) is 64.9 Å². The molecule has 1 aromatic carbocycles. The Morgan fingerprint density at radius 3 is 2.72 bits per heavy atom. The highest BCUT2D eigenvalue weighted by Gasteiger charge is 2.24. The average Bonchev–Trinajstić information content (AvgIpc) is 3.23. The predicted octanol–water partition coefficient (Wildman–Crippen LogP) is 3.14. The van der Waals surface area contributed by atoms with E-state index >= 15 is 0 Å². The summed E-state index contributed by atoms with van der Waals surface area (Å²) in [7, 11) is 4.08. The number of pyridine rings is 1. The second-order valence-electron chi connectivity index (χ2n) is 7.44. The van der Waals surface area contributed by atoms with Crippen molar-refractivity contribution in [3.63, 3.8) is 0 Å². The van der Waals surface area contributed by atoms with Gasteiger partial charge in [-0.1, -0.05) is 34.1 Å². The number of nitrogens with zero attached hydrogens (tertiary/aromatic N) is 4. The molecule has 0 aliphatic carbocycles. The number of benzene rings is 1. The van der Waals surface area contributed by atoms with E-state index in [4.69, 9.17) is 4.98 Å². The van der Waals surface area contributed by atoms with Gasteiger partial charge in [0.1, 0.15) is 5.65 Å². The van der Waals surface area contributed by atoms with Crippen LogP contribution in [0.3, 0.4) is 0 Å². The van der Waals surface area contributed by atoms with Gasteiger partial charge in [-0.3, -0.25) is 4.79 Å². The number of hydrogen-bond acceptors (Lipinski definition) is 4. The van der Waals surface area contributed by atoms with Crippen LogP contribution in [0, 0.1) is 0 Å². The molecule has 1 N–H and O–H groups in total. The van der Waals surface area contributed by atoms with Crippen molar-refractivity contribution in [1.82, 2.24) is 24.5 Å². The third-order valence-corrected chi connectivity index (χ3v) is 5.50. The van der Waals surface area contributed by atoms with Gasteiger partial charge in [-0.05, 0) is 38.4 Å². The highest BCUT2D eigenvalue weighted by Crippen LogP contribution is 2.28. The van der Waals surface area contributed by atoms with Crippen molar-refractivity contribution in [2.45, 2.75) is 6.54 Å². The number of carbonyl (C=O) groups excluding carboxylic acids is 1. The van der Waals surface area contributed by atoms with Crippen molar-refractivity contribution in [2.75, 3.05) is 33.7 Å². The van der Waals surface area contributed by atoms with Gasteiger partial charge in [0.15, 0.2) is 0 Å². The van der Waals surface area contributed by atoms with Crippen LogP contribution in [0.1, 0.15) is 5.69 Å². The molecule has 6 nitrogen and oxygen atoms in total. The van der Waals surface area contributed by atoms with Crippen LogP contribution in [0.25, 0.3) is 16.9 Å². The molecule has 0 saturated carbocycles. The van der Waals surface area contributed by atoms with Gasteiger partial charge in [-0.15, -0.1) is 0 Å². The van der Waals surface area contributed by atoms with Crippen LogP contribution in [-0.2, 0) is 11.3 Å². The van der Waals surface area contributed by atoms with Gasteiger partial charge in [-0.25, -0.2) is 4.98 Å². The number of aromatic nitrogens is 2. The second-order valence-corrected chi connectivity index (χ2v) is 8.35. The number of halogens is 1. The van der Waals surface area contributed by atoms with Crippen LogP contribution >= 0.6 is 15.9 Å². The number of rotatable bonds is 7. The van der Waals surface area contributed by atoms with E-state index < -0.39 is 0 Å². The largest absolute Gasteiger partial charge is 0.385 e. The smallest absolute Gasteiger partial charge is 0.249 e. The van der Waals surface area contributed by atoms with E-state index in [1.807, 2.05) is 67.7 Å². The molecule has 0 bridgehead atoms. The molecule has 4 rings (SSSR count). The van der Waals surface area contributed by atoms with Crippen molar-refractivity contribution >= 4 is 27.5 Å². The maximum absolute atomic E-state index is 12.6. The fourth-order valence-electron chi connectivity index (χ4n) is 3.47. The van der Waals surface area contributed by atoms with Gasteiger partial charge in [0.25, 0.3) is 0 Å².